The van der Waals surface area contributed by atoms with Gasteiger partial charge in [0.05, 0.1) is 16.8 Å². The Bertz CT molecular complexity index is 1260. The highest BCUT2D eigenvalue weighted by atomic mass is 32.1. The van der Waals surface area contributed by atoms with E-state index in [1.165, 1.54) is 11.3 Å². The van der Waals surface area contributed by atoms with Crippen molar-refractivity contribution in [3.05, 3.63) is 40.5 Å². The molecule has 7 nitrogen and oxygen atoms in total. The zero-order valence-electron chi connectivity index (χ0n) is 21.1. The Kier molecular flexibility index (Phi) is 7.19. The molecule has 1 saturated carbocycles. The molecule has 11 heteroatoms. The minimum absolute atomic E-state index is 0.0434. The lowest BCUT2D eigenvalue weighted by Gasteiger charge is -2.39. The molecule has 1 fully saturated rings. The van der Waals surface area contributed by atoms with E-state index in [1.807, 2.05) is 31.4 Å². The SMILES string of the molecule is Cn1cc2c(C(=O)N[C@H]3CC[C@@](C)(CCN4CCc5sc(OCC(F)(F)F)nc5C4)CC3)cccc2n1. The highest BCUT2D eigenvalue weighted by molar-refractivity contribution is 7.13. The molecule has 1 aliphatic heterocycles. The molecule has 2 aromatic heterocycles. The number of ether oxygens (including phenoxy) is 1. The minimum Gasteiger partial charge on any atom is -0.460 e. The maximum atomic E-state index is 13.0. The molecular formula is C26H32F3N5O2S. The summed E-state index contributed by atoms with van der Waals surface area (Å²) in [6.07, 6.45) is 3.33. The van der Waals surface area contributed by atoms with Gasteiger partial charge in [0.25, 0.3) is 11.1 Å². The van der Waals surface area contributed by atoms with Gasteiger partial charge in [0.2, 0.25) is 0 Å². The number of fused-ring (bicyclic) bond motifs is 2. The van der Waals surface area contributed by atoms with E-state index in [2.05, 4.69) is 27.2 Å². The fourth-order valence-electron chi connectivity index (χ4n) is 5.38. The first kappa shape index (κ1) is 26.0. The van der Waals surface area contributed by atoms with E-state index in [9.17, 15) is 18.0 Å². The van der Waals surface area contributed by atoms with E-state index in [0.29, 0.717) is 12.1 Å². The number of carbonyl (C=O) groups excluding carboxylic acids is 1. The van der Waals surface area contributed by atoms with Crippen LogP contribution in [0, 0.1) is 5.41 Å². The number of amides is 1. The lowest BCUT2D eigenvalue weighted by Crippen LogP contribution is -2.41. The van der Waals surface area contributed by atoms with E-state index in [1.54, 1.807) is 4.68 Å². The molecule has 0 atom stereocenters. The monoisotopic (exact) mass is 535 g/mol. The summed E-state index contributed by atoms with van der Waals surface area (Å²) < 4.78 is 43.9. The maximum absolute atomic E-state index is 13.0. The minimum atomic E-state index is -4.36. The molecule has 0 radical (unpaired) electrons. The summed E-state index contributed by atoms with van der Waals surface area (Å²) in [5.74, 6) is -0.0434. The Morgan fingerprint density at radius 2 is 2.08 bits per heavy atom. The van der Waals surface area contributed by atoms with Gasteiger partial charge in [-0.3, -0.25) is 14.4 Å². The Labute approximate surface area is 218 Å². The molecule has 200 valence electrons. The molecule has 1 N–H and O–H groups in total. The number of nitrogens with one attached hydrogen (secondary N) is 1. The van der Waals surface area contributed by atoms with E-state index in [4.69, 9.17) is 4.74 Å². The maximum Gasteiger partial charge on any atom is 0.422 e. The van der Waals surface area contributed by atoms with Gasteiger partial charge < -0.3 is 10.1 Å². The van der Waals surface area contributed by atoms with Crippen LogP contribution in [0.2, 0.25) is 0 Å². The third kappa shape index (κ3) is 6.26. The van der Waals surface area contributed by atoms with Crippen LogP contribution in [0.4, 0.5) is 13.2 Å². The molecule has 0 bridgehead atoms. The molecule has 1 aromatic carbocycles. The van der Waals surface area contributed by atoms with Crippen molar-refractivity contribution in [1.82, 2.24) is 25.0 Å². The Morgan fingerprint density at radius 3 is 2.84 bits per heavy atom. The zero-order chi connectivity index (χ0) is 26.2. The fraction of sp³-hybridized carbons (Fsp3) is 0.577. The smallest absolute Gasteiger partial charge is 0.422 e. The molecule has 1 aliphatic carbocycles. The second kappa shape index (κ2) is 10.2. The standard InChI is InChI=1S/C26H32F3N5O2S/c1-25(11-13-34-12-8-22-21(15-34)31-24(37-22)36-16-26(27,28)29)9-6-17(7-10-25)30-23(35)18-4-3-5-20-19(18)14-33(2)32-20/h3-5,14,17H,6-13,15-16H2,1-2H3,(H,30,35)/t17-,25+. The molecule has 0 spiro atoms. The number of nitrogens with zero attached hydrogens (tertiary/aromatic N) is 4. The van der Waals surface area contributed by atoms with Crippen LogP contribution in [-0.4, -0.2) is 57.5 Å². The summed E-state index contributed by atoms with van der Waals surface area (Å²) in [7, 11) is 1.85. The third-order valence-electron chi connectivity index (χ3n) is 7.62. The summed E-state index contributed by atoms with van der Waals surface area (Å²) >= 11 is 1.23. The van der Waals surface area contributed by atoms with Crippen molar-refractivity contribution in [2.24, 2.45) is 12.5 Å². The molecule has 37 heavy (non-hydrogen) atoms. The quantitative estimate of drug-likeness (QED) is 0.456. The first-order chi connectivity index (χ1) is 17.6. The molecule has 1 amide bonds. The second-order valence-electron chi connectivity index (χ2n) is 10.6. The molecule has 5 rings (SSSR count). The number of rotatable bonds is 7. The van der Waals surface area contributed by atoms with Gasteiger partial charge in [-0.15, -0.1) is 0 Å². The van der Waals surface area contributed by atoms with E-state index in [-0.39, 0.29) is 22.6 Å². The zero-order valence-corrected chi connectivity index (χ0v) is 21.9. The summed E-state index contributed by atoms with van der Waals surface area (Å²) in [6.45, 7) is 3.47. The Balaban J connectivity index is 1.09. The van der Waals surface area contributed by atoms with Crippen LogP contribution in [0.25, 0.3) is 10.9 Å². The van der Waals surface area contributed by atoms with Crippen molar-refractivity contribution < 1.29 is 22.7 Å². The number of benzene rings is 1. The van der Waals surface area contributed by atoms with Crippen molar-refractivity contribution in [3.8, 4) is 5.19 Å². The number of hydrogen-bond donors (Lipinski definition) is 1. The van der Waals surface area contributed by atoms with Crippen molar-refractivity contribution >= 4 is 28.1 Å². The average molecular weight is 536 g/mol. The number of hydrogen-bond acceptors (Lipinski definition) is 6. The molecule has 0 saturated heterocycles. The second-order valence-corrected chi connectivity index (χ2v) is 11.7. The summed E-state index contributed by atoms with van der Waals surface area (Å²) in [5, 5.41) is 8.61. The van der Waals surface area contributed by atoms with Crippen LogP contribution in [0.15, 0.2) is 24.4 Å². The first-order valence-electron chi connectivity index (χ1n) is 12.7. The Morgan fingerprint density at radius 1 is 1.30 bits per heavy atom. The highest BCUT2D eigenvalue weighted by Gasteiger charge is 2.33. The lowest BCUT2D eigenvalue weighted by molar-refractivity contribution is -0.153. The van der Waals surface area contributed by atoms with Gasteiger partial charge in [0, 0.05) is 42.6 Å². The van der Waals surface area contributed by atoms with Gasteiger partial charge in [-0.25, -0.2) is 4.98 Å². The van der Waals surface area contributed by atoms with Crippen LogP contribution < -0.4 is 10.1 Å². The van der Waals surface area contributed by atoms with Crippen molar-refractivity contribution in [2.45, 2.75) is 64.2 Å². The topological polar surface area (TPSA) is 72.3 Å². The van der Waals surface area contributed by atoms with Crippen LogP contribution in [0.5, 0.6) is 5.19 Å². The van der Waals surface area contributed by atoms with Gasteiger partial charge in [0.1, 0.15) is 0 Å². The number of carbonyl (C=O) groups is 1. The van der Waals surface area contributed by atoms with E-state index in [0.717, 1.165) is 73.1 Å². The normalized spacial score (nSPS) is 22.7. The van der Waals surface area contributed by atoms with Crippen molar-refractivity contribution in [3.63, 3.8) is 0 Å². The van der Waals surface area contributed by atoms with Gasteiger partial charge in [0.15, 0.2) is 6.61 Å². The predicted octanol–water partition coefficient (Wildman–Crippen LogP) is 5.10. The summed E-state index contributed by atoms with van der Waals surface area (Å²) in [4.78, 5) is 20.7. The Hall–Kier alpha value is -2.66. The number of halogens is 3. The van der Waals surface area contributed by atoms with Crippen LogP contribution in [-0.2, 0) is 20.0 Å². The molecular weight excluding hydrogens is 503 g/mol. The number of aromatic nitrogens is 3. The summed E-state index contributed by atoms with van der Waals surface area (Å²) in [6, 6.07) is 5.80. The van der Waals surface area contributed by atoms with E-state index >= 15 is 0 Å². The van der Waals surface area contributed by atoms with Crippen LogP contribution in [0.3, 0.4) is 0 Å². The van der Waals surface area contributed by atoms with Crippen LogP contribution in [0.1, 0.15) is 60.0 Å². The van der Waals surface area contributed by atoms with Crippen molar-refractivity contribution in [2.75, 3.05) is 19.7 Å². The van der Waals surface area contributed by atoms with E-state index < -0.39 is 12.8 Å². The lowest BCUT2D eigenvalue weighted by atomic mass is 9.71. The van der Waals surface area contributed by atoms with Gasteiger partial charge in [-0.2, -0.15) is 18.3 Å². The van der Waals surface area contributed by atoms with Gasteiger partial charge in [-0.05, 0) is 62.6 Å². The van der Waals surface area contributed by atoms with Crippen LogP contribution >= 0.6 is 11.3 Å². The molecule has 3 aromatic rings. The number of aryl methyl sites for hydroxylation is 1. The average Bonchev–Trinajstić information content (AvgIpc) is 3.44. The summed E-state index contributed by atoms with van der Waals surface area (Å²) in [5.41, 5.74) is 2.53. The van der Waals surface area contributed by atoms with Crippen molar-refractivity contribution in [1.29, 1.82) is 0 Å². The number of alkyl halides is 3. The van der Waals surface area contributed by atoms with Gasteiger partial charge in [-0.1, -0.05) is 24.3 Å². The van der Waals surface area contributed by atoms with Gasteiger partial charge >= 0.3 is 6.18 Å². The number of thiazole rings is 1. The fourth-order valence-corrected chi connectivity index (χ4v) is 6.29. The largest absolute Gasteiger partial charge is 0.460 e. The highest BCUT2D eigenvalue weighted by Crippen LogP contribution is 2.40. The molecule has 0 unspecified atom stereocenters. The predicted molar refractivity (Wildman–Crippen MR) is 136 cm³/mol. The third-order valence-corrected chi connectivity index (χ3v) is 8.68. The molecule has 3 heterocycles. The first-order valence-corrected chi connectivity index (χ1v) is 13.5. The molecule has 2 aliphatic rings.